The summed E-state index contributed by atoms with van der Waals surface area (Å²) in [6.07, 6.45) is 5.24. The predicted octanol–water partition coefficient (Wildman–Crippen LogP) is 2.08. The summed E-state index contributed by atoms with van der Waals surface area (Å²) in [6.45, 7) is 0.651. The van der Waals surface area contributed by atoms with Gasteiger partial charge in [-0.25, -0.2) is 0 Å². The molecule has 2 heterocycles. The Balaban J connectivity index is 2.02. The first-order chi connectivity index (χ1) is 7.25. The average Bonchev–Trinajstić information content (AvgIpc) is 2.63. The summed E-state index contributed by atoms with van der Waals surface area (Å²) < 4.78 is 1.75. The van der Waals surface area contributed by atoms with E-state index in [9.17, 15) is 0 Å². The van der Waals surface area contributed by atoms with Crippen LogP contribution in [0.4, 0.5) is 5.82 Å². The van der Waals surface area contributed by atoms with Gasteiger partial charge in [0.15, 0.2) is 0 Å². The molecule has 1 N–H and O–H groups in total. The number of aromatic nitrogens is 3. The molecular weight excluding hydrogens is 212 g/mol. The number of nitrogens with one attached hydrogen (secondary N) is 1. The molecule has 0 radical (unpaired) electrons. The molecule has 2 aromatic heterocycles. The molecular formula is C10H11ClN4. The minimum absolute atomic E-state index is 0.651. The number of nitrogens with zero attached hydrogens (tertiary/aromatic N) is 3. The quantitative estimate of drug-likeness (QED) is 0.865. The zero-order valence-electron chi connectivity index (χ0n) is 8.31. The van der Waals surface area contributed by atoms with E-state index < -0.39 is 0 Å². The maximum atomic E-state index is 5.97. The topological polar surface area (TPSA) is 42.7 Å². The molecule has 0 aromatic carbocycles. The van der Waals surface area contributed by atoms with E-state index in [1.165, 1.54) is 0 Å². The van der Waals surface area contributed by atoms with Gasteiger partial charge in [0.2, 0.25) is 0 Å². The van der Waals surface area contributed by atoms with E-state index in [-0.39, 0.29) is 0 Å². The molecule has 2 rings (SSSR count). The number of hydrogen-bond acceptors (Lipinski definition) is 3. The number of rotatable bonds is 3. The Morgan fingerprint density at radius 3 is 3.00 bits per heavy atom. The standard InChI is InChI=1S/C10H11ClN4/c1-15-5-3-10(14-15)13-6-8-2-4-12-7-9(8)11/h2-5,7H,6H2,1H3,(H,13,14). The van der Waals surface area contributed by atoms with Gasteiger partial charge in [0.1, 0.15) is 5.82 Å². The first kappa shape index (κ1) is 9.98. The van der Waals surface area contributed by atoms with Crippen LogP contribution in [0.1, 0.15) is 5.56 Å². The van der Waals surface area contributed by atoms with Crippen LogP contribution in [0.25, 0.3) is 0 Å². The van der Waals surface area contributed by atoms with Crippen molar-refractivity contribution in [3.63, 3.8) is 0 Å². The van der Waals surface area contributed by atoms with Crippen molar-refractivity contribution in [2.45, 2.75) is 6.54 Å². The molecule has 0 amide bonds. The van der Waals surface area contributed by atoms with Gasteiger partial charge in [0, 0.05) is 38.2 Å². The lowest BCUT2D eigenvalue weighted by Crippen LogP contribution is -2.01. The van der Waals surface area contributed by atoms with Crippen molar-refractivity contribution in [3.8, 4) is 0 Å². The fourth-order valence-electron chi connectivity index (χ4n) is 1.24. The van der Waals surface area contributed by atoms with Crippen LogP contribution in [0.2, 0.25) is 5.02 Å². The molecule has 0 spiro atoms. The Hall–Kier alpha value is -1.55. The summed E-state index contributed by atoms with van der Waals surface area (Å²) in [7, 11) is 1.88. The van der Waals surface area contributed by atoms with Gasteiger partial charge in [-0.05, 0) is 11.6 Å². The van der Waals surface area contributed by atoms with Crippen LogP contribution in [0.5, 0.6) is 0 Å². The third-order valence-electron chi connectivity index (χ3n) is 2.03. The Morgan fingerprint density at radius 2 is 2.33 bits per heavy atom. The molecule has 0 fully saturated rings. The third kappa shape index (κ3) is 2.47. The highest BCUT2D eigenvalue weighted by Crippen LogP contribution is 2.14. The fraction of sp³-hybridized carbons (Fsp3) is 0.200. The van der Waals surface area contributed by atoms with Crippen LogP contribution in [0, 0.1) is 0 Å². The number of hydrogen-bond donors (Lipinski definition) is 1. The predicted molar refractivity (Wildman–Crippen MR) is 59.8 cm³/mol. The Kier molecular flexibility index (Phi) is 2.87. The molecule has 2 aromatic rings. The minimum atomic E-state index is 0.651. The highest BCUT2D eigenvalue weighted by molar-refractivity contribution is 6.31. The van der Waals surface area contributed by atoms with Crippen molar-refractivity contribution in [2.75, 3.05) is 5.32 Å². The zero-order chi connectivity index (χ0) is 10.7. The van der Waals surface area contributed by atoms with Crippen LogP contribution in [-0.2, 0) is 13.6 Å². The number of anilines is 1. The lowest BCUT2D eigenvalue weighted by atomic mass is 10.3. The summed E-state index contributed by atoms with van der Waals surface area (Å²) in [4.78, 5) is 3.92. The van der Waals surface area contributed by atoms with Crippen molar-refractivity contribution in [2.24, 2.45) is 7.05 Å². The number of aryl methyl sites for hydroxylation is 1. The minimum Gasteiger partial charge on any atom is -0.364 e. The number of pyridine rings is 1. The van der Waals surface area contributed by atoms with E-state index in [1.807, 2.05) is 25.4 Å². The van der Waals surface area contributed by atoms with Crippen LogP contribution >= 0.6 is 11.6 Å². The van der Waals surface area contributed by atoms with Gasteiger partial charge in [-0.2, -0.15) is 5.10 Å². The zero-order valence-corrected chi connectivity index (χ0v) is 9.07. The molecule has 4 nitrogen and oxygen atoms in total. The van der Waals surface area contributed by atoms with E-state index in [0.29, 0.717) is 11.6 Å². The van der Waals surface area contributed by atoms with Crippen LogP contribution in [-0.4, -0.2) is 14.8 Å². The van der Waals surface area contributed by atoms with E-state index >= 15 is 0 Å². The van der Waals surface area contributed by atoms with Crippen LogP contribution < -0.4 is 5.32 Å². The van der Waals surface area contributed by atoms with Crippen molar-refractivity contribution >= 4 is 17.4 Å². The van der Waals surface area contributed by atoms with E-state index in [0.717, 1.165) is 11.4 Å². The summed E-state index contributed by atoms with van der Waals surface area (Å²) in [5.74, 6) is 0.838. The van der Waals surface area contributed by atoms with Crippen molar-refractivity contribution in [1.29, 1.82) is 0 Å². The van der Waals surface area contributed by atoms with Gasteiger partial charge in [0.05, 0.1) is 5.02 Å². The largest absolute Gasteiger partial charge is 0.364 e. The Morgan fingerprint density at radius 1 is 1.47 bits per heavy atom. The van der Waals surface area contributed by atoms with Crippen molar-refractivity contribution in [1.82, 2.24) is 14.8 Å². The molecule has 0 saturated carbocycles. The smallest absolute Gasteiger partial charge is 0.148 e. The Labute approximate surface area is 92.9 Å². The molecule has 0 aliphatic heterocycles. The summed E-state index contributed by atoms with van der Waals surface area (Å²) in [6, 6.07) is 3.80. The van der Waals surface area contributed by atoms with Gasteiger partial charge in [-0.3, -0.25) is 9.67 Å². The molecule has 0 saturated heterocycles. The fourth-order valence-corrected chi connectivity index (χ4v) is 1.43. The second-order valence-corrected chi connectivity index (χ2v) is 3.60. The average molecular weight is 223 g/mol. The van der Waals surface area contributed by atoms with E-state index in [2.05, 4.69) is 15.4 Å². The molecule has 0 atom stereocenters. The molecule has 0 bridgehead atoms. The van der Waals surface area contributed by atoms with Crippen LogP contribution in [0.3, 0.4) is 0 Å². The normalized spacial score (nSPS) is 10.3. The first-order valence-electron chi connectivity index (χ1n) is 4.57. The summed E-state index contributed by atoms with van der Waals surface area (Å²) in [5.41, 5.74) is 1.01. The van der Waals surface area contributed by atoms with Crippen molar-refractivity contribution < 1.29 is 0 Å². The maximum Gasteiger partial charge on any atom is 0.148 e. The summed E-state index contributed by atoms with van der Waals surface area (Å²) >= 11 is 5.97. The second-order valence-electron chi connectivity index (χ2n) is 3.20. The van der Waals surface area contributed by atoms with Gasteiger partial charge in [-0.1, -0.05) is 11.6 Å². The highest BCUT2D eigenvalue weighted by atomic mass is 35.5. The Bertz CT molecular complexity index is 452. The monoisotopic (exact) mass is 222 g/mol. The van der Waals surface area contributed by atoms with Gasteiger partial charge in [-0.15, -0.1) is 0 Å². The summed E-state index contributed by atoms with van der Waals surface area (Å²) in [5, 5.41) is 8.05. The lowest BCUT2D eigenvalue weighted by molar-refractivity contribution is 0.768. The van der Waals surface area contributed by atoms with E-state index in [1.54, 1.807) is 17.1 Å². The SMILES string of the molecule is Cn1ccc(NCc2ccncc2Cl)n1. The first-order valence-corrected chi connectivity index (χ1v) is 4.95. The van der Waals surface area contributed by atoms with Gasteiger partial charge < -0.3 is 5.32 Å². The molecule has 5 heteroatoms. The molecule has 15 heavy (non-hydrogen) atoms. The lowest BCUT2D eigenvalue weighted by Gasteiger charge is -2.04. The molecule has 0 aliphatic carbocycles. The highest BCUT2D eigenvalue weighted by Gasteiger charge is 2.00. The maximum absolute atomic E-state index is 5.97. The number of halogens is 1. The van der Waals surface area contributed by atoms with E-state index in [4.69, 9.17) is 11.6 Å². The van der Waals surface area contributed by atoms with Crippen molar-refractivity contribution in [3.05, 3.63) is 41.3 Å². The van der Waals surface area contributed by atoms with Gasteiger partial charge >= 0.3 is 0 Å². The van der Waals surface area contributed by atoms with Gasteiger partial charge in [0.25, 0.3) is 0 Å². The van der Waals surface area contributed by atoms with Crippen LogP contribution in [0.15, 0.2) is 30.7 Å². The molecule has 78 valence electrons. The molecule has 0 aliphatic rings. The molecule has 0 unspecified atom stereocenters. The second kappa shape index (κ2) is 4.31. The third-order valence-corrected chi connectivity index (χ3v) is 2.37.